The first-order chi connectivity index (χ1) is 7.69. The average Bonchev–Trinajstić information content (AvgIpc) is 2.35. The van der Waals surface area contributed by atoms with E-state index in [0.29, 0.717) is 5.56 Å². The van der Waals surface area contributed by atoms with Crippen molar-refractivity contribution in [3.05, 3.63) is 66.8 Å². The molecule has 0 heterocycles. The monoisotopic (exact) mass is 214 g/mol. The van der Waals surface area contributed by atoms with E-state index in [1.807, 2.05) is 24.3 Å². The molecule has 1 aromatic carbocycles. The minimum atomic E-state index is -0.334. The minimum absolute atomic E-state index is 0.334. The second kappa shape index (κ2) is 5.71. The molecule has 0 amide bonds. The van der Waals surface area contributed by atoms with Gasteiger partial charge in [-0.15, -0.1) is 0 Å². The molecule has 82 valence electrons. The van der Waals surface area contributed by atoms with Gasteiger partial charge in [-0.2, -0.15) is 0 Å². The van der Waals surface area contributed by atoms with Gasteiger partial charge in [0, 0.05) is 0 Å². The molecule has 16 heavy (non-hydrogen) atoms. The second-order valence-electron chi connectivity index (χ2n) is 3.19. The Balaban J connectivity index is 2.86. The number of hydrogen-bond acceptors (Lipinski definition) is 2. The number of rotatable bonds is 4. The molecule has 0 fully saturated rings. The molecule has 0 aliphatic carbocycles. The van der Waals surface area contributed by atoms with Gasteiger partial charge in [-0.25, -0.2) is 4.79 Å². The van der Waals surface area contributed by atoms with Crippen molar-refractivity contribution in [1.82, 2.24) is 0 Å². The summed E-state index contributed by atoms with van der Waals surface area (Å²) in [6.45, 7) is 7.49. The summed E-state index contributed by atoms with van der Waals surface area (Å²) in [5, 5.41) is 0. The van der Waals surface area contributed by atoms with Crippen LogP contribution in [0, 0.1) is 0 Å². The van der Waals surface area contributed by atoms with Gasteiger partial charge in [-0.3, -0.25) is 0 Å². The molecule has 2 heteroatoms. The Hall–Kier alpha value is -2.09. The number of ether oxygens (including phenoxy) is 1. The predicted octanol–water partition coefficient (Wildman–Crippen LogP) is 3.23. The summed E-state index contributed by atoms with van der Waals surface area (Å²) >= 11 is 0. The third-order valence-electron chi connectivity index (χ3n) is 2.11. The van der Waals surface area contributed by atoms with Gasteiger partial charge in [0.15, 0.2) is 0 Å². The van der Waals surface area contributed by atoms with E-state index in [0.717, 1.165) is 11.1 Å². The number of esters is 1. The summed E-state index contributed by atoms with van der Waals surface area (Å²) < 4.78 is 4.61. The molecule has 0 aromatic heterocycles. The van der Waals surface area contributed by atoms with Gasteiger partial charge in [-0.05, 0) is 23.3 Å². The van der Waals surface area contributed by atoms with Crippen molar-refractivity contribution in [3.63, 3.8) is 0 Å². The van der Waals surface area contributed by atoms with Crippen LogP contribution in [0.15, 0.2) is 55.7 Å². The van der Waals surface area contributed by atoms with E-state index in [9.17, 15) is 4.79 Å². The maximum absolute atomic E-state index is 11.2. The van der Waals surface area contributed by atoms with Gasteiger partial charge in [-0.1, -0.05) is 43.5 Å². The molecular weight excluding hydrogens is 200 g/mol. The molecule has 0 radical (unpaired) electrons. The number of hydrogen-bond donors (Lipinski definition) is 0. The molecule has 0 N–H and O–H groups in total. The first-order valence-corrected chi connectivity index (χ1v) is 4.86. The smallest absolute Gasteiger partial charge is 0.337 e. The van der Waals surface area contributed by atoms with Crippen LogP contribution in [0.5, 0.6) is 0 Å². The normalized spacial score (nSPS) is 10.1. The first kappa shape index (κ1) is 12.0. The molecule has 0 bridgehead atoms. The highest BCUT2D eigenvalue weighted by Gasteiger charge is 2.04. The summed E-state index contributed by atoms with van der Waals surface area (Å²) in [6.07, 6.45) is 5.37. The highest BCUT2D eigenvalue weighted by Crippen LogP contribution is 2.15. The zero-order valence-electron chi connectivity index (χ0n) is 9.27. The van der Waals surface area contributed by atoms with Gasteiger partial charge in [0.2, 0.25) is 0 Å². The van der Waals surface area contributed by atoms with Crippen LogP contribution in [-0.4, -0.2) is 13.1 Å². The van der Waals surface area contributed by atoms with Crippen LogP contribution >= 0.6 is 0 Å². The maximum atomic E-state index is 11.2. The van der Waals surface area contributed by atoms with E-state index < -0.39 is 0 Å². The molecular formula is C14H14O2. The molecule has 0 aliphatic rings. The van der Waals surface area contributed by atoms with Gasteiger partial charge in [0.05, 0.1) is 12.7 Å². The lowest BCUT2D eigenvalue weighted by molar-refractivity contribution is 0.0601. The van der Waals surface area contributed by atoms with Crippen molar-refractivity contribution in [1.29, 1.82) is 0 Å². The van der Waals surface area contributed by atoms with Gasteiger partial charge in [0.1, 0.15) is 0 Å². The Labute approximate surface area is 95.6 Å². The zero-order valence-corrected chi connectivity index (χ0v) is 9.27. The van der Waals surface area contributed by atoms with Gasteiger partial charge >= 0.3 is 5.97 Å². The standard InChI is InChI=1S/C14H14O2/c1-4-5-6-11(2)12-7-9-13(10-8-12)14(15)16-3/h4-10H,1-2H2,3H3/b6-5-. The predicted molar refractivity (Wildman–Crippen MR) is 66.2 cm³/mol. The Morgan fingerprint density at radius 2 is 1.81 bits per heavy atom. The van der Waals surface area contributed by atoms with Crippen molar-refractivity contribution >= 4 is 11.5 Å². The third kappa shape index (κ3) is 2.95. The summed E-state index contributed by atoms with van der Waals surface area (Å²) in [5.74, 6) is -0.334. The number of benzene rings is 1. The largest absolute Gasteiger partial charge is 0.465 e. The van der Waals surface area contributed by atoms with Crippen molar-refractivity contribution in [2.75, 3.05) is 7.11 Å². The molecule has 0 atom stereocenters. The average molecular weight is 214 g/mol. The van der Waals surface area contributed by atoms with Crippen LogP contribution < -0.4 is 0 Å². The van der Waals surface area contributed by atoms with Crippen LogP contribution in [0.1, 0.15) is 15.9 Å². The maximum Gasteiger partial charge on any atom is 0.337 e. The SMILES string of the molecule is C=C/C=C\C(=C)c1ccc(C(=O)OC)cc1. The first-order valence-electron chi connectivity index (χ1n) is 4.86. The molecule has 0 spiro atoms. The summed E-state index contributed by atoms with van der Waals surface area (Å²) in [5.41, 5.74) is 2.37. The van der Waals surface area contributed by atoms with Crippen LogP contribution in [0.2, 0.25) is 0 Å². The highest BCUT2D eigenvalue weighted by atomic mass is 16.5. The van der Waals surface area contributed by atoms with Crippen molar-refractivity contribution in [3.8, 4) is 0 Å². The molecule has 1 rings (SSSR count). The number of allylic oxidation sites excluding steroid dienone is 4. The molecule has 0 saturated heterocycles. The van der Waals surface area contributed by atoms with Gasteiger partial charge in [0.25, 0.3) is 0 Å². The van der Waals surface area contributed by atoms with Gasteiger partial charge < -0.3 is 4.74 Å². The van der Waals surface area contributed by atoms with Crippen molar-refractivity contribution < 1.29 is 9.53 Å². The topological polar surface area (TPSA) is 26.3 Å². The second-order valence-corrected chi connectivity index (χ2v) is 3.19. The molecule has 0 unspecified atom stereocenters. The number of carbonyl (C=O) groups is 1. The lowest BCUT2D eigenvalue weighted by atomic mass is 10.1. The lowest BCUT2D eigenvalue weighted by Gasteiger charge is -2.02. The van der Waals surface area contributed by atoms with E-state index in [4.69, 9.17) is 0 Å². The Kier molecular flexibility index (Phi) is 4.28. The van der Waals surface area contributed by atoms with Crippen molar-refractivity contribution in [2.24, 2.45) is 0 Å². The quantitative estimate of drug-likeness (QED) is 0.568. The van der Waals surface area contributed by atoms with E-state index >= 15 is 0 Å². The minimum Gasteiger partial charge on any atom is -0.465 e. The Morgan fingerprint density at radius 1 is 1.25 bits per heavy atom. The fourth-order valence-electron chi connectivity index (χ4n) is 1.22. The molecule has 0 saturated carbocycles. The summed E-state index contributed by atoms with van der Waals surface area (Å²) in [6, 6.07) is 7.10. The van der Waals surface area contributed by atoms with E-state index in [-0.39, 0.29) is 5.97 Å². The van der Waals surface area contributed by atoms with Crippen molar-refractivity contribution in [2.45, 2.75) is 0 Å². The number of methoxy groups -OCH3 is 1. The van der Waals surface area contributed by atoms with E-state index in [1.165, 1.54) is 7.11 Å². The zero-order chi connectivity index (χ0) is 12.0. The third-order valence-corrected chi connectivity index (χ3v) is 2.11. The summed E-state index contributed by atoms with van der Waals surface area (Å²) in [4.78, 5) is 11.2. The molecule has 0 aliphatic heterocycles. The van der Waals surface area contributed by atoms with Crippen LogP contribution in [0.4, 0.5) is 0 Å². The van der Waals surface area contributed by atoms with E-state index in [1.54, 1.807) is 18.2 Å². The molecule has 2 nitrogen and oxygen atoms in total. The Bertz CT molecular complexity index is 425. The highest BCUT2D eigenvalue weighted by molar-refractivity contribution is 5.89. The van der Waals surface area contributed by atoms with E-state index in [2.05, 4.69) is 17.9 Å². The van der Waals surface area contributed by atoms with Crippen LogP contribution in [0.25, 0.3) is 5.57 Å². The van der Waals surface area contributed by atoms with Crippen LogP contribution in [-0.2, 0) is 4.74 Å². The lowest BCUT2D eigenvalue weighted by Crippen LogP contribution is -2.00. The fourth-order valence-corrected chi connectivity index (χ4v) is 1.22. The van der Waals surface area contributed by atoms with Crippen LogP contribution in [0.3, 0.4) is 0 Å². The molecule has 1 aromatic rings. The summed E-state index contributed by atoms with van der Waals surface area (Å²) in [7, 11) is 1.36. The number of carbonyl (C=O) groups excluding carboxylic acids is 1. The fraction of sp³-hybridized carbons (Fsp3) is 0.0714. The Morgan fingerprint density at radius 3 is 2.31 bits per heavy atom.